The number of halogens is 4. The summed E-state index contributed by atoms with van der Waals surface area (Å²) in [5.41, 5.74) is -0.513. The fraction of sp³-hybridized carbons (Fsp3) is 0.0714. The molecule has 0 heterocycles. The number of carbonyl (C=O) groups is 1. The number of hydrogen-bond acceptors (Lipinski definition) is 3. The van der Waals surface area contributed by atoms with Gasteiger partial charge >= 0.3 is 5.76 Å². The van der Waals surface area contributed by atoms with Gasteiger partial charge in [0.05, 0.1) is 10.6 Å². The molecule has 0 saturated heterocycles. The van der Waals surface area contributed by atoms with Crippen LogP contribution in [0.3, 0.4) is 0 Å². The molecule has 0 aromatic heterocycles. The zero-order chi connectivity index (χ0) is 17.2. The molecule has 0 bridgehead atoms. The number of nitrogens with one attached hydrogen (secondary N) is 1. The molecule has 1 amide bonds. The number of anilines is 1. The molecule has 2 aromatic rings. The number of alkyl halides is 2. The lowest BCUT2D eigenvalue weighted by Gasteiger charge is -2.08. The third kappa shape index (κ3) is 3.67. The maximum Gasteiger partial charge on any atom is 0.341 e. The first-order valence-electron chi connectivity index (χ1n) is 6.10. The van der Waals surface area contributed by atoms with Gasteiger partial charge in [-0.2, -0.15) is 8.78 Å². The summed E-state index contributed by atoms with van der Waals surface area (Å²) < 4.78 is 73.7. The largest absolute Gasteiger partial charge is 0.341 e. The van der Waals surface area contributed by atoms with Crippen LogP contribution in [-0.4, -0.2) is 20.1 Å². The van der Waals surface area contributed by atoms with E-state index in [1.807, 2.05) is 0 Å². The van der Waals surface area contributed by atoms with Crippen LogP contribution in [-0.2, 0) is 9.84 Å². The predicted octanol–water partition coefficient (Wildman–Crippen LogP) is 3.21. The molecule has 9 heteroatoms. The molecule has 0 fully saturated rings. The van der Waals surface area contributed by atoms with Crippen LogP contribution < -0.4 is 5.32 Å². The Morgan fingerprint density at radius 3 is 2.17 bits per heavy atom. The summed E-state index contributed by atoms with van der Waals surface area (Å²) in [5.74, 6) is -6.06. The number of hydrogen-bond donors (Lipinski definition) is 1. The highest BCUT2D eigenvalue weighted by Crippen LogP contribution is 2.20. The molecular weight excluding hydrogens is 338 g/mol. The lowest BCUT2D eigenvalue weighted by atomic mass is 10.2. The van der Waals surface area contributed by atoms with Gasteiger partial charge in [-0.15, -0.1) is 0 Å². The van der Waals surface area contributed by atoms with Gasteiger partial charge < -0.3 is 5.32 Å². The van der Waals surface area contributed by atoms with Gasteiger partial charge in [-0.25, -0.2) is 17.2 Å². The molecule has 23 heavy (non-hydrogen) atoms. The summed E-state index contributed by atoms with van der Waals surface area (Å²) in [5, 5.41) is 2.10. The zero-order valence-corrected chi connectivity index (χ0v) is 12.1. The van der Waals surface area contributed by atoms with E-state index in [0.717, 1.165) is 42.5 Å². The van der Waals surface area contributed by atoms with E-state index >= 15 is 0 Å². The Bertz CT molecular complexity index is 836. The van der Waals surface area contributed by atoms with Crippen LogP contribution in [0.5, 0.6) is 0 Å². The predicted molar refractivity (Wildman–Crippen MR) is 73.9 cm³/mol. The van der Waals surface area contributed by atoms with E-state index in [1.165, 1.54) is 0 Å². The Morgan fingerprint density at radius 2 is 1.61 bits per heavy atom. The van der Waals surface area contributed by atoms with Gasteiger partial charge in [0.25, 0.3) is 5.91 Å². The monoisotopic (exact) mass is 347 g/mol. The Labute approximate surface area is 128 Å². The third-order valence-electron chi connectivity index (χ3n) is 2.86. The molecule has 0 aliphatic heterocycles. The summed E-state index contributed by atoms with van der Waals surface area (Å²) in [4.78, 5) is 11.2. The summed E-state index contributed by atoms with van der Waals surface area (Å²) >= 11 is 0. The molecule has 0 atom stereocenters. The SMILES string of the molecule is O=C(Nc1cc(F)ccc1F)c1ccc(S(=O)(=O)C(F)F)cc1. The lowest BCUT2D eigenvalue weighted by Crippen LogP contribution is -2.14. The minimum absolute atomic E-state index is 0.109. The highest BCUT2D eigenvalue weighted by molar-refractivity contribution is 7.91. The minimum Gasteiger partial charge on any atom is -0.319 e. The van der Waals surface area contributed by atoms with Crippen LogP contribution in [0, 0.1) is 11.6 Å². The van der Waals surface area contributed by atoms with Gasteiger partial charge in [-0.3, -0.25) is 4.79 Å². The fourth-order valence-electron chi connectivity index (χ4n) is 1.69. The van der Waals surface area contributed by atoms with Crippen molar-refractivity contribution in [2.45, 2.75) is 10.7 Å². The Kier molecular flexibility index (Phi) is 4.69. The quantitative estimate of drug-likeness (QED) is 0.864. The van der Waals surface area contributed by atoms with E-state index < -0.39 is 43.7 Å². The Balaban J connectivity index is 2.23. The average Bonchev–Trinajstić information content (AvgIpc) is 2.50. The second kappa shape index (κ2) is 6.37. The van der Waals surface area contributed by atoms with Crippen molar-refractivity contribution in [2.75, 3.05) is 5.32 Å². The van der Waals surface area contributed by atoms with E-state index in [2.05, 4.69) is 5.32 Å². The van der Waals surface area contributed by atoms with Crippen LogP contribution in [0.2, 0.25) is 0 Å². The van der Waals surface area contributed by atoms with Crippen LogP contribution in [0.4, 0.5) is 23.2 Å². The van der Waals surface area contributed by atoms with E-state index in [0.29, 0.717) is 0 Å². The van der Waals surface area contributed by atoms with Crippen molar-refractivity contribution in [2.24, 2.45) is 0 Å². The van der Waals surface area contributed by atoms with Gasteiger partial charge in [0.15, 0.2) is 0 Å². The molecule has 2 rings (SSSR count). The lowest BCUT2D eigenvalue weighted by molar-refractivity contribution is 0.102. The third-order valence-corrected chi connectivity index (χ3v) is 4.25. The van der Waals surface area contributed by atoms with Gasteiger partial charge in [-0.1, -0.05) is 0 Å². The molecule has 0 aliphatic rings. The van der Waals surface area contributed by atoms with Crippen molar-refractivity contribution >= 4 is 21.4 Å². The first-order chi connectivity index (χ1) is 10.7. The van der Waals surface area contributed by atoms with Gasteiger partial charge in [0.2, 0.25) is 9.84 Å². The Morgan fingerprint density at radius 1 is 1.00 bits per heavy atom. The molecule has 4 nitrogen and oxygen atoms in total. The molecule has 0 saturated carbocycles. The molecular formula is C14H9F4NO3S. The standard InChI is InChI=1S/C14H9F4NO3S/c15-9-3-6-11(16)12(7-9)19-13(20)8-1-4-10(5-2-8)23(21,22)14(17)18/h1-7,14H,(H,19,20). The fourth-order valence-corrected chi connectivity index (χ4v) is 2.41. The molecule has 0 spiro atoms. The summed E-state index contributed by atoms with van der Waals surface area (Å²) in [6, 6.07) is 6.10. The van der Waals surface area contributed by atoms with E-state index in [-0.39, 0.29) is 5.56 Å². The second-order valence-electron chi connectivity index (χ2n) is 4.41. The summed E-state index contributed by atoms with van der Waals surface area (Å²) in [7, 11) is -4.77. The first-order valence-corrected chi connectivity index (χ1v) is 7.65. The average molecular weight is 347 g/mol. The summed E-state index contributed by atoms with van der Waals surface area (Å²) in [6.45, 7) is 0. The van der Waals surface area contributed by atoms with Crippen molar-refractivity contribution in [3.8, 4) is 0 Å². The van der Waals surface area contributed by atoms with E-state index in [9.17, 15) is 30.8 Å². The zero-order valence-electron chi connectivity index (χ0n) is 11.3. The van der Waals surface area contributed by atoms with Crippen LogP contribution in [0.15, 0.2) is 47.4 Å². The normalized spacial score (nSPS) is 11.5. The molecule has 122 valence electrons. The second-order valence-corrected chi connectivity index (χ2v) is 6.33. The number of benzene rings is 2. The van der Waals surface area contributed by atoms with Crippen LogP contribution in [0.1, 0.15) is 10.4 Å². The molecule has 0 unspecified atom stereocenters. The maximum atomic E-state index is 13.4. The minimum atomic E-state index is -4.77. The van der Waals surface area contributed by atoms with Crippen LogP contribution >= 0.6 is 0 Å². The van der Waals surface area contributed by atoms with E-state index in [1.54, 1.807) is 0 Å². The van der Waals surface area contributed by atoms with Crippen LogP contribution in [0.25, 0.3) is 0 Å². The summed E-state index contributed by atoms with van der Waals surface area (Å²) in [6.07, 6.45) is 0. The van der Waals surface area contributed by atoms with Gasteiger partial charge in [0, 0.05) is 11.6 Å². The van der Waals surface area contributed by atoms with Gasteiger partial charge in [-0.05, 0) is 36.4 Å². The van der Waals surface area contributed by atoms with Crippen molar-refractivity contribution < 1.29 is 30.8 Å². The highest BCUT2D eigenvalue weighted by atomic mass is 32.2. The highest BCUT2D eigenvalue weighted by Gasteiger charge is 2.26. The van der Waals surface area contributed by atoms with Gasteiger partial charge in [0.1, 0.15) is 11.6 Å². The van der Waals surface area contributed by atoms with Crippen molar-refractivity contribution in [3.63, 3.8) is 0 Å². The number of sulfone groups is 1. The number of rotatable bonds is 4. The first kappa shape index (κ1) is 16.9. The Hall–Kier alpha value is -2.42. The molecule has 0 radical (unpaired) electrons. The van der Waals surface area contributed by atoms with Crippen molar-refractivity contribution in [3.05, 3.63) is 59.7 Å². The molecule has 2 aromatic carbocycles. The van der Waals surface area contributed by atoms with E-state index in [4.69, 9.17) is 0 Å². The number of amides is 1. The van der Waals surface area contributed by atoms with Crippen molar-refractivity contribution in [1.82, 2.24) is 0 Å². The maximum absolute atomic E-state index is 13.4. The number of carbonyl (C=O) groups excluding carboxylic acids is 1. The molecule has 0 aliphatic carbocycles. The van der Waals surface area contributed by atoms with Crippen molar-refractivity contribution in [1.29, 1.82) is 0 Å². The topological polar surface area (TPSA) is 63.2 Å². The smallest absolute Gasteiger partial charge is 0.319 e. The molecule has 1 N–H and O–H groups in total.